The Bertz CT molecular complexity index is 1340. The molecule has 36 heavy (non-hydrogen) atoms. The molecule has 0 unspecified atom stereocenters. The van der Waals surface area contributed by atoms with Crippen LogP contribution in [0.25, 0.3) is 6.08 Å². The molecular formula is C28H25ClN2O5. The second-order valence-corrected chi connectivity index (χ2v) is 8.54. The van der Waals surface area contributed by atoms with E-state index in [4.69, 9.17) is 21.1 Å². The summed E-state index contributed by atoms with van der Waals surface area (Å²) in [6.07, 6.45) is 2.49. The number of anilines is 2. The summed E-state index contributed by atoms with van der Waals surface area (Å²) in [4.78, 5) is 37.7. The van der Waals surface area contributed by atoms with Crippen molar-refractivity contribution in [3.05, 3.63) is 94.0 Å². The Hall–Kier alpha value is -4.10. The molecule has 0 bridgehead atoms. The first kappa shape index (κ1) is 25.0. The third kappa shape index (κ3) is 6.31. The summed E-state index contributed by atoms with van der Waals surface area (Å²) in [5, 5.41) is 6.22. The van der Waals surface area contributed by atoms with E-state index in [0.29, 0.717) is 51.9 Å². The molecule has 0 saturated carbocycles. The van der Waals surface area contributed by atoms with E-state index in [0.717, 1.165) is 5.56 Å². The van der Waals surface area contributed by atoms with E-state index in [-0.39, 0.29) is 30.8 Å². The molecule has 1 heterocycles. The van der Waals surface area contributed by atoms with Crippen molar-refractivity contribution in [2.45, 2.75) is 19.8 Å². The first-order valence-corrected chi connectivity index (χ1v) is 11.9. The van der Waals surface area contributed by atoms with E-state index in [1.165, 1.54) is 0 Å². The average molecular weight is 505 g/mol. The molecule has 0 aliphatic carbocycles. The second-order valence-electron chi connectivity index (χ2n) is 8.10. The van der Waals surface area contributed by atoms with Crippen LogP contribution in [0.1, 0.15) is 34.8 Å². The molecular weight excluding hydrogens is 480 g/mol. The first-order valence-electron chi connectivity index (χ1n) is 11.5. The molecule has 7 nitrogen and oxygen atoms in total. The molecule has 4 rings (SSSR count). The molecule has 3 aromatic carbocycles. The van der Waals surface area contributed by atoms with Gasteiger partial charge in [-0.2, -0.15) is 0 Å². The van der Waals surface area contributed by atoms with Gasteiger partial charge < -0.3 is 20.1 Å². The maximum Gasteiger partial charge on any atom is 0.306 e. The topological polar surface area (TPSA) is 93.7 Å². The van der Waals surface area contributed by atoms with Crippen molar-refractivity contribution >= 4 is 46.8 Å². The Balaban J connectivity index is 1.45. The van der Waals surface area contributed by atoms with Crippen molar-refractivity contribution < 1.29 is 23.9 Å². The lowest BCUT2D eigenvalue weighted by molar-refractivity contribution is -0.143. The van der Waals surface area contributed by atoms with Crippen molar-refractivity contribution in [3.63, 3.8) is 0 Å². The molecule has 1 aliphatic heterocycles. The summed E-state index contributed by atoms with van der Waals surface area (Å²) in [7, 11) is 0. The fraction of sp³-hybridized carbons (Fsp3) is 0.179. The zero-order chi connectivity index (χ0) is 25.5. The highest BCUT2D eigenvalue weighted by molar-refractivity contribution is 6.30. The van der Waals surface area contributed by atoms with Gasteiger partial charge >= 0.3 is 5.97 Å². The van der Waals surface area contributed by atoms with Gasteiger partial charge in [0, 0.05) is 22.7 Å². The number of nitrogens with one attached hydrogen (secondary N) is 2. The molecule has 184 valence electrons. The van der Waals surface area contributed by atoms with Gasteiger partial charge in [-0.05, 0) is 67.4 Å². The largest absolute Gasteiger partial charge is 0.488 e. The molecule has 2 N–H and O–H groups in total. The molecule has 0 spiro atoms. The minimum atomic E-state index is -0.376. The van der Waals surface area contributed by atoms with Gasteiger partial charge in [-0.3, -0.25) is 14.4 Å². The van der Waals surface area contributed by atoms with E-state index in [1.54, 1.807) is 61.5 Å². The number of amides is 2. The van der Waals surface area contributed by atoms with Crippen LogP contribution in [0, 0.1) is 0 Å². The van der Waals surface area contributed by atoms with Gasteiger partial charge in [0.05, 0.1) is 23.4 Å². The number of hydrogen-bond acceptors (Lipinski definition) is 5. The number of fused-ring (bicyclic) bond motifs is 1. The maximum atomic E-state index is 13.1. The van der Waals surface area contributed by atoms with Gasteiger partial charge in [0.2, 0.25) is 0 Å². The minimum Gasteiger partial charge on any atom is -0.488 e. The lowest BCUT2D eigenvalue weighted by Gasteiger charge is -2.18. The number of aryl methyl sites for hydroxylation is 1. The molecule has 2 amide bonds. The summed E-state index contributed by atoms with van der Waals surface area (Å²) < 4.78 is 10.6. The Morgan fingerprint density at radius 3 is 2.64 bits per heavy atom. The molecule has 8 heteroatoms. The van der Waals surface area contributed by atoms with E-state index in [2.05, 4.69) is 10.6 Å². The summed E-state index contributed by atoms with van der Waals surface area (Å²) in [5.41, 5.74) is 3.29. The number of ether oxygens (including phenoxy) is 2. The molecule has 1 aliphatic rings. The average Bonchev–Trinajstić information content (AvgIpc) is 2.87. The monoisotopic (exact) mass is 504 g/mol. The van der Waals surface area contributed by atoms with Crippen LogP contribution in [0.5, 0.6) is 5.75 Å². The van der Waals surface area contributed by atoms with Crippen molar-refractivity contribution in [2.75, 3.05) is 23.8 Å². The van der Waals surface area contributed by atoms with E-state index < -0.39 is 0 Å². The van der Waals surface area contributed by atoms with Crippen molar-refractivity contribution in [1.82, 2.24) is 0 Å². The zero-order valence-electron chi connectivity index (χ0n) is 19.7. The third-order valence-corrected chi connectivity index (χ3v) is 5.74. The zero-order valence-corrected chi connectivity index (χ0v) is 20.4. The fourth-order valence-corrected chi connectivity index (χ4v) is 3.94. The smallest absolute Gasteiger partial charge is 0.306 e. The maximum absolute atomic E-state index is 13.1. The number of benzene rings is 3. The third-order valence-electron chi connectivity index (χ3n) is 5.50. The summed E-state index contributed by atoms with van der Waals surface area (Å²) in [6, 6.07) is 19.2. The van der Waals surface area contributed by atoms with Crippen LogP contribution in [-0.4, -0.2) is 31.0 Å². The molecule has 0 aromatic heterocycles. The summed E-state index contributed by atoms with van der Waals surface area (Å²) in [5.74, 6) is -0.358. The lowest BCUT2D eigenvalue weighted by Crippen LogP contribution is -2.23. The number of carbonyl (C=O) groups is 3. The van der Waals surface area contributed by atoms with Crippen molar-refractivity contribution in [3.8, 4) is 5.75 Å². The van der Waals surface area contributed by atoms with Crippen molar-refractivity contribution in [2.24, 2.45) is 0 Å². The summed E-state index contributed by atoms with van der Waals surface area (Å²) in [6.45, 7) is 2.22. The normalized spacial score (nSPS) is 12.0. The molecule has 0 atom stereocenters. The predicted molar refractivity (Wildman–Crippen MR) is 139 cm³/mol. The fourth-order valence-electron chi connectivity index (χ4n) is 3.75. The van der Waals surface area contributed by atoms with Crippen LogP contribution in [-0.2, 0) is 20.7 Å². The van der Waals surface area contributed by atoms with E-state index in [9.17, 15) is 14.4 Å². The van der Waals surface area contributed by atoms with E-state index >= 15 is 0 Å². The summed E-state index contributed by atoms with van der Waals surface area (Å²) >= 11 is 6.06. The Kier molecular flexibility index (Phi) is 8.02. The Labute approximate surface area is 214 Å². The molecule has 0 fully saturated rings. The van der Waals surface area contributed by atoms with Gasteiger partial charge in [0.15, 0.2) is 0 Å². The molecule has 3 aromatic rings. The molecule has 0 radical (unpaired) electrons. The predicted octanol–water partition coefficient (Wildman–Crippen LogP) is 5.50. The van der Waals surface area contributed by atoms with E-state index in [1.807, 2.05) is 18.2 Å². The van der Waals surface area contributed by atoms with Crippen LogP contribution < -0.4 is 15.4 Å². The minimum absolute atomic E-state index is 0.105. The standard InChI is InChI=1S/C28H25ClN2O5/c1-2-35-26(32)13-10-18-6-5-7-22(14-18)30-28(34)23-8-3-4-9-24(23)31-27(33)20-15-19-16-21(29)11-12-25(19)36-17-20/h3-9,11-12,14-16H,2,10,13,17H2,1H3,(H,30,34)(H,31,33). The van der Waals surface area contributed by atoms with Gasteiger partial charge in [0.1, 0.15) is 12.4 Å². The molecule has 0 saturated heterocycles. The first-order chi connectivity index (χ1) is 17.4. The van der Waals surface area contributed by atoms with Crippen LogP contribution in [0.15, 0.2) is 72.3 Å². The number of para-hydroxylation sites is 1. The SMILES string of the molecule is CCOC(=O)CCc1cccc(NC(=O)c2ccccc2NC(=O)C2=Cc3cc(Cl)ccc3OC2)c1. The van der Waals surface area contributed by atoms with Crippen molar-refractivity contribution in [1.29, 1.82) is 0 Å². The van der Waals surface area contributed by atoms with Crippen LogP contribution in [0.3, 0.4) is 0 Å². The van der Waals surface area contributed by atoms with Gasteiger partial charge in [0.25, 0.3) is 11.8 Å². The van der Waals surface area contributed by atoms with Gasteiger partial charge in [-0.15, -0.1) is 0 Å². The van der Waals surface area contributed by atoms with Crippen LogP contribution in [0.4, 0.5) is 11.4 Å². The quantitative estimate of drug-likeness (QED) is 0.395. The highest BCUT2D eigenvalue weighted by Gasteiger charge is 2.20. The lowest BCUT2D eigenvalue weighted by atomic mass is 10.1. The van der Waals surface area contributed by atoms with Gasteiger partial charge in [-0.25, -0.2) is 0 Å². The second kappa shape index (κ2) is 11.6. The number of rotatable bonds is 8. The number of halogens is 1. The Morgan fingerprint density at radius 1 is 0.972 bits per heavy atom. The van der Waals surface area contributed by atoms with Gasteiger partial charge in [-0.1, -0.05) is 35.9 Å². The number of esters is 1. The highest BCUT2D eigenvalue weighted by atomic mass is 35.5. The van der Waals surface area contributed by atoms with Crippen LogP contribution >= 0.6 is 11.6 Å². The van der Waals surface area contributed by atoms with Crippen LogP contribution in [0.2, 0.25) is 5.02 Å². The Morgan fingerprint density at radius 2 is 1.81 bits per heavy atom. The number of carbonyl (C=O) groups excluding carboxylic acids is 3. The number of hydrogen-bond donors (Lipinski definition) is 2. The highest BCUT2D eigenvalue weighted by Crippen LogP contribution is 2.29.